The molecule has 10 aromatic carbocycles. The highest BCUT2D eigenvalue weighted by Gasteiger charge is 2.41. The summed E-state index contributed by atoms with van der Waals surface area (Å²) in [5.74, 6) is 2.47. The van der Waals surface area contributed by atoms with E-state index in [1.165, 1.54) is 76.2 Å². The summed E-state index contributed by atoms with van der Waals surface area (Å²) >= 11 is 0. The maximum atomic E-state index is 7.26. The third kappa shape index (κ3) is 4.36. The number of hydrogen-bond acceptors (Lipinski definition) is 2. The van der Waals surface area contributed by atoms with E-state index >= 15 is 0 Å². The molecule has 66 heavy (non-hydrogen) atoms. The molecule has 0 amide bonds. The summed E-state index contributed by atoms with van der Waals surface area (Å²) in [4.78, 5) is 0. The fourth-order valence-corrected chi connectivity index (χ4v) is 12.0. The smallest absolute Gasteiger partial charge is 0.434 e. The van der Waals surface area contributed by atoms with E-state index in [0.29, 0.717) is 0 Å². The molecule has 0 aliphatic carbocycles. The fourth-order valence-electron chi connectivity index (χ4n) is 12.0. The number of para-hydroxylation sites is 7. The largest absolute Gasteiger partial charge is 0.551 e. The van der Waals surface area contributed by atoms with Crippen molar-refractivity contribution < 1.29 is 9.39 Å². The van der Waals surface area contributed by atoms with Gasteiger partial charge in [0.2, 0.25) is 0 Å². The highest BCUT2D eigenvalue weighted by atomic mass is 16.5. The first-order valence-electron chi connectivity index (χ1n) is 22.7. The van der Waals surface area contributed by atoms with Crippen LogP contribution in [-0.4, -0.2) is 20.5 Å². The van der Waals surface area contributed by atoms with E-state index in [-0.39, 0.29) is 6.92 Å². The first kappa shape index (κ1) is 34.7. The predicted molar refractivity (Wildman–Crippen MR) is 273 cm³/mol. The van der Waals surface area contributed by atoms with Crippen molar-refractivity contribution in [1.82, 2.24) is 13.5 Å². The SMILES string of the molecule is c1ccc2c(c1)OB1c3ccc(-c4ccccc4-n4c5ccccc5c5ccccc54)cc3Oc3cc(-n4c5ccccc5c5cc6c7ccccc7n7c8ccccc8c(c54)c67)cc-2c31. The Balaban J connectivity index is 0.947. The first-order chi connectivity index (χ1) is 32.8. The van der Waals surface area contributed by atoms with Crippen LogP contribution >= 0.6 is 0 Å². The standard InChI is InChI=1S/C60H34BN3O2/c1-8-22-48(63-50-24-10-2-16-38(50)39-17-3-11-25-51(39)63)37(15-1)35-29-30-47-55(31-35)65-56-33-36(32-44-42-20-7-14-28-54(42)66-61(47)58(44)56)62-49-23-9-4-18-40(49)45-34-46-41-19-5-12-26-52(41)64-53-27-13-6-21-43(53)57(59(45)62)60(46)64/h1-34H. The molecule has 0 bridgehead atoms. The van der Waals surface area contributed by atoms with E-state index in [2.05, 4.69) is 220 Å². The van der Waals surface area contributed by atoms with E-state index in [4.69, 9.17) is 9.39 Å². The Bertz CT molecular complexity index is 4390. The van der Waals surface area contributed by atoms with Crippen LogP contribution in [-0.2, 0) is 0 Å². The number of hydrogen-bond donors (Lipinski definition) is 0. The third-order valence-electron chi connectivity index (χ3n) is 14.6. The van der Waals surface area contributed by atoms with Crippen LogP contribution in [0.4, 0.5) is 0 Å². The van der Waals surface area contributed by atoms with E-state index in [1.807, 2.05) is 0 Å². The number of rotatable bonds is 3. The molecule has 2 aliphatic rings. The molecule has 6 heteroatoms. The van der Waals surface area contributed by atoms with Gasteiger partial charge in [-0.05, 0) is 71.8 Å². The van der Waals surface area contributed by atoms with Crippen LogP contribution in [0.3, 0.4) is 0 Å². The molecule has 16 rings (SSSR count). The summed E-state index contributed by atoms with van der Waals surface area (Å²) in [5.41, 5.74) is 17.0. The van der Waals surface area contributed by atoms with Crippen LogP contribution in [0.1, 0.15) is 0 Å². The molecular weight excluding hydrogens is 805 g/mol. The minimum absolute atomic E-state index is 0.345. The van der Waals surface area contributed by atoms with Gasteiger partial charge in [-0.15, -0.1) is 0 Å². The first-order valence-corrected chi connectivity index (χ1v) is 22.7. The number of nitrogens with zero attached hydrogens (tertiary/aromatic N) is 3. The van der Waals surface area contributed by atoms with Crippen molar-refractivity contribution in [3.8, 4) is 50.9 Å². The lowest BCUT2D eigenvalue weighted by Gasteiger charge is -2.33. The molecule has 0 spiro atoms. The molecule has 4 aromatic heterocycles. The number of aromatic nitrogens is 3. The molecule has 0 saturated carbocycles. The summed E-state index contributed by atoms with van der Waals surface area (Å²) in [6.07, 6.45) is 0. The summed E-state index contributed by atoms with van der Waals surface area (Å²) < 4.78 is 21.7. The number of benzene rings is 10. The zero-order valence-electron chi connectivity index (χ0n) is 35.4. The van der Waals surface area contributed by atoms with Gasteiger partial charge >= 0.3 is 6.92 Å². The predicted octanol–water partition coefficient (Wildman–Crippen LogP) is 14.0. The maximum absolute atomic E-state index is 7.26. The van der Waals surface area contributed by atoms with Crippen molar-refractivity contribution in [3.05, 3.63) is 206 Å². The van der Waals surface area contributed by atoms with Gasteiger partial charge in [0.15, 0.2) is 0 Å². The van der Waals surface area contributed by atoms with Gasteiger partial charge in [-0.25, -0.2) is 0 Å². The van der Waals surface area contributed by atoms with E-state index in [9.17, 15) is 0 Å². The van der Waals surface area contributed by atoms with Crippen LogP contribution < -0.4 is 20.3 Å². The van der Waals surface area contributed by atoms with Crippen molar-refractivity contribution >= 4 is 99.5 Å². The molecule has 6 heterocycles. The minimum Gasteiger partial charge on any atom is -0.551 e. The average molecular weight is 840 g/mol. The Labute approximate surface area is 377 Å². The zero-order valence-corrected chi connectivity index (χ0v) is 35.4. The molecular formula is C60H34BN3O2. The normalized spacial score (nSPS) is 13.1. The molecule has 0 fully saturated rings. The summed E-state index contributed by atoms with van der Waals surface area (Å²) in [6.45, 7) is -0.345. The Morgan fingerprint density at radius 2 is 0.924 bits per heavy atom. The minimum atomic E-state index is -0.345. The van der Waals surface area contributed by atoms with Gasteiger partial charge in [0, 0.05) is 71.2 Å². The van der Waals surface area contributed by atoms with Crippen molar-refractivity contribution in [2.45, 2.75) is 0 Å². The Morgan fingerprint density at radius 3 is 1.67 bits per heavy atom. The topological polar surface area (TPSA) is 32.7 Å². The quantitative estimate of drug-likeness (QED) is 0.166. The summed E-state index contributed by atoms with van der Waals surface area (Å²) in [7, 11) is 0. The lowest BCUT2D eigenvalue weighted by atomic mass is 9.50. The highest BCUT2D eigenvalue weighted by molar-refractivity contribution is 6.84. The van der Waals surface area contributed by atoms with Gasteiger partial charge in [-0.1, -0.05) is 140 Å². The van der Waals surface area contributed by atoms with Crippen LogP contribution in [0.15, 0.2) is 206 Å². The van der Waals surface area contributed by atoms with E-state index in [1.54, 1.807) is 0 Å². The van der Waals surface area contributed by atoms with E-state index < -0.39 is 0 Å². The Hall–Kier alpha value is -8.74. The van der Waals surface area contributed by atoms with Crippen LogP contribution in [0.25, 0.3) is 115 Å². The van der Waals surface area contributed by atoms with Crippen LogP contribution in [0.5, 0.6) is 17.2 Å². The van der Waals surface area contributed by atoms with Gasteiger partial charge < -0.3 is 22.9 Å². The lowest BCUT2D eigenvalue weighted by Crippen LogP contribution is -2.53. The highest BCUT2D eigenvalue weighted by Crippen LogP contribution is 2.48. The van der Waals surface area contributed by atoms with Crippen molar-refractivity contribution in [3.63, 3.8) is 0 Å². The molecule has 0 atom stereocenters. The second-order valence-corrected chi connectivity index (χ2v) is 17.9. The fraction of sp³-hybridized carbons (Fsp3) is 0. The molecule has 0 N–H and O–H groups in total. The second-order valence-electron chi connectivity index (χ2n) is 17.9. The molecule has 0 unspecified atom stereocenters. The van der Waals surface area contributed by atoms with Gasteiger partial charge in [-0.2, -0.15) is 0 Å². The lowest BCUT2D eigenvalue weighted by molar-refractivity contribution is 0.479. The van der Waals surface area contributed by atoms with Crippen LogP contribution in [0, 0.1) is 0 Å². The van der Waals surface area contributed by atoms with Crippen molar-refractivity contribution in [2.24, 2.45) is 0 Å². The van der Waals surface area contributed by atoms with E-state index in [0.717, 1.165) is 67.3 Å². The monoisotopic (exact) mass is 839 g/mol. The van der Waals surface area contributed by atoms with Crippen LogP contribution in [0.2, 0.25) is 0 Å². The molecule has 304 valence electrons. The summed E-state index contributed by atoms with van der Waals surface area (Å²) in [5, 5.41) is 9.98. The van der Waals surface area contributed by atoms with Gasteiger partial charge in [-0.3, -0.25) is 0 Å². The molecule has 14 aromatic rings. The zero-order chi connectivity index (χ0) is 42.8. The second kappa shape index (κ2) is 12.5. The van der Waals surface area contributed by atoms with Gasteiger partial charge in [0.05, 0.1) is 50.0 Å². The maximum Gasteiger partial charge on any atom is 0.434 e. The molecule has 0 radical (unpaired) electrons. The third-order valence-corrected chi connectivity index (χ3v) is 14.6. The average Bonchev–Trinajstić information content (AvgIpc) is 4.10. The summed E-state index contributed by atoms with van der Waals surface area (Å²) in [6, 6.07) is 74.9. The van der Waals surface area contributed by atoms with Crippen molar-refractivity contribution in [1.29, 1.82) is 0 Å². The Kier molecular flexibility index (Phi) is 6.57. The molecule has 2 aliphatic heterocycles. The van der Waals surface area contributed by atoms with Gasteiger partial charge in [0.1, 0.15) is 17.2 Å². The Morgan fingerprint density at radius 1 is 0.364 bits per heavy atom. The molecule has 0 saturated heterocycles. The number of ether oxygens (including phenoxy) is 1. The number of fused-ring (bicyclic) bond motifs is 17. The van der Waals surface area contributed by atoms with Crippen molar-refractivity contribution in [2.75, 3.05) is 0 Å². The van der Waals surface area contributed by atoms with Gasteiger partial charge in [0.25, 0.3) is 0 Å². The molecule has 5 nitrogen and oxygen atoms in total.